The Bertz CT molecular complexity index is 436. The summed E-state index contributed by atoms with van der Waals surface area (Å²) in [5.41, 5.74) is 5.75. The van der Waals surface area contributed by atoms with Gasteiger partial charge in [0.25, 0.3) is 0 Å². The van der Waals surface area contributed by atoms with Crippen molar-refractivity contribution in [1.29, 1.82) is 0 Å². The van der Waals surface area contributed by atoms with E-state index >= 15 is 0 Å². The van der Waals surface area contributed by atoms with Crippen molar-refractivity contribution in [3.8, 4) is 0 Å². The summed E-state index contributed by atoms with van der Waals surface area (Å²) in [5.74, 6) is 6.05. The number of aromatic nitrogens is 2. The van der Waals surface area contributed by atoms with Crippen molar-refractivity contribution in [2.75, 3.05) is 11.1 Å². The first kappa shape index (κ1) is 9.68. The van der Waals surface area contributed by atoms with Gasteiger partial charge in [-0.1, -0.05) is 0 Å². The lowest BCUT2D eigenvalue weighted by molar-refractivity contribution is 0.456. The highest BCUT2D eigenvalue weighted by molar-refractivity contribution is 5.47. The van der Waals surface area contributed by atoms with Crippen molar-refractivity contribution in [3.05, 3.63) is 11.9 Å². The van der Waals surface area contributed by atoms with E-state index in [0.717, 1.165) is 35.3 Å². The molecule has 17 heavy (non-hydrogen) atoms. The highest BCUT2D eigenvalue weighted by Crippen LogP contribution is 2.66. The van der Waals surface area contributed by atoms with Crippen LogP contribution in [0.3, 0.4) is 0 Å². The molecule has 0 radical (unpaired) electrons. The average Bonchev–Trinajstić information content (AvgIpc) is 2.69. The fraction of sp³-hybridized carbons (Fsp3) is 0.692. The van der Waals surface area contributed by atoms with E-state index in [4.69, 9.17) is 5.73 Å². The summed E-state index contributed by atoms with van der Waals surface area (Å²) in [6.07, 6.45) is 4.39. The Morgan fingerprint density at radius 2 is 1.94 bits per heavy atom. The van der Waals surface area contributed by atoms with Crippen molar-refractivity contribution < 1.29 is 0 Å². The quantitative estimate of drug-likeness (QED) is 0.813. The Labute approximate surface area is 101 Å². The van der Waals surface area contributed by atoms with Gasteiger partial charge in [0.1, 0.15) is 17.5 Å². The van der Waals surface area contributed by atoms with E-state index in [2.05, 4.69) is 15.3 Å². The van der Waals surface area contributed by atoms with E-state index < -0.39 is 0 Å². The predicted molar refractivity (Wildman–Crippen MR) is 66.4 cm³/mol. The number of hydrogen-bond acceptors (Lipinski definition) is 4. The van der Waals surface area contributed by atoms with Crippen LogP contribution in [-0.4, -0.2) is 16.0 Å². The Hall–Kier alpha value is -1.32. The zero-order valence-corrected chi connectivity index (χ0v) is 10.1. The van der Waals surface area contributed by atoms with E-state index in [1.54, 1.807) is 0 Å². The first-order valence-electron chi connectivity index (χ1n) is 6.60. The number of nitrogen functional groups attached to an aromatic ring is 1. The zero-order chi connectivity index (χ0) is 11.6. The maximum Gasteiger partial charge on any atom is 0.132 e. The molecule has 0 aliphatic heterocycles. The van der Waals surface area contributed by atoms with Crippen molar-refractivity contribution in [2.45, 2.75) is 32.2 Å². The van der Waals surface area contributed by atoms with E-state index in [1.807, 2.05) is 13.0 Å². The van der Waals surface area contributed by atoms with Gasteiger partial charge in [0.2, 0.25) is 0 Å². The fourth-order valence-corrected chi connectivity index (χ4v) is 4.35. The molecule has 3 N–H and O–H groups in total. The van der Waals surface area contributed by atoms with Crippen molar-refractivity contribution >= 4 is 11.6 Å². The Kier molecular flexibility index (Phi) is 1.78. The van der Waals surface area contributed by atoms with Crippen LogP contribution < -0.4 is 11.1 Å². The first-order valence-corrected chi connectivity index (χ1v) is 6.60. The Morgan fingerprint density at radius 3 is 2.59 bits per heavy atom. The van der Waals surface area contributed by atoms with Gasteiger partial charge in [0.05, 0.1) is 0 Å². The van der Waals surface area contributed by atoms with Gasteiger partial charge in [-0.15, -0.1) is 0 Å². The number of nitrogens with one attached hydrogen (secondary N) is 1. The molecule has 4 unspecified atom stereocenters. The molecule has 3 fully saturated rings. The Balaban J connectivity index is 1.52. The van der Waals surface area contributed by atoms with Crippen LogP contribution in [0.15, 0.2) is 6.07 Å². The standard InChI is InChI=1S/C13H18N4/c1-6-15-9(14)5-10(16-6)17-13-11-7-2-3-8(4-7)12(11)13/h5,7-8,11-13H,2-4H2,1H3,(H3,14,15,16,17). The minimum absolute atomic E-state index is 0.564. The maximum atomic E-state index is 5.75. The zero-order valence-electron chi connectivity index (χ0n) is 10.1. The molecular weight excluding hydrogens is 212 g/mol. The monoisotopic (exact) mass is 230 g/mol. The van der Waals surface area contributed by atoms with Crippen molar-refractivity contribution in [2.24, 2.45) is 23.7 Å². The summed E-state index contributed by atoms with van der Waals surface area (Å²) in [6.45, 7) is 1.89. The number of nitrogens with two attached hydrogens (primary N) is 1. The Morgan fingerprint density at radius 1 is 1.24 bits per heavy atom. The summed E-state index contributed by atoms with van der Waals surface area (Å²) >= 11 is 0. The molecule has 90 valence electrons. The van der Waals surface area contributed by atoms with Crippen LogP contribution in [-0.2, 0) is 0 Å². The lowest BCUT2D eigenvalue weighted by Crippen LogP contribution is -2.14. The maximum absolute atomic E-state index is 5.75. The average molecular weight is 230 g/mol. The molecule has 0 aromatic carbocycles. The van der Waals surface area contributed by atoms with Gasteiger partial charge in [-0.2, -0.15) is 0 Å². The molecule has 0 spiro atoms. The second kappa shape index (κ2) is 3.12. The van der Waals surface area contributed by atoms with Gasteiger partial charge in [-0.05, 0) is 49.9 Å². The number of anilines is 2. The normalized spacial score (nSPS) is 41.4. The van der Waals surface area contributed by atoms with Crippen LogP contribution in [0.25, 0.3) is 0 Å². The van der Waals surface area contributed by atoms with E-state index in [9.17, 15) is 0 Å². The highest BCUT2D eigenvalue weighted by Gasteiger charge is 2.65. The molecule has 0 saturated heterocycles. The molecule has 3 aliphatic rings. The molecular formula is C13H18N4. The van der Waals surface area contributed by atoms with Crippen LogP contribution in [0.2, 0.25) is 0 Å². The molecule has 1 aromatic rings. The molecule has 1 aromatic heterocycles. The third kappa shape index (κ3) is 1.36. The summed E-state index contributed by atoms with van der Waals surface area (Å²) in [6, 6.07) is 2.51. The van der Waals surface area contributed by atoms with Gasteiger partial charge < -0.3 is 11.1 Å². The van der Waals surface area contributed by atoms with Crippen LogP contribution >= 0.6 is 0 Å². The first-order chi connectivity index (χ1) is 8.22. The lowest BCUT2D eigenvalue weighted by atomic mass is 10.0. The minimum Gasteiger partial charge on any atom is -0.384 e. The van der Waals surface area contributed by atoms with Gasteiger partial charge in [-0.25, -0.2) is 9.97 Å². The lowest BCUT2D eigenvalue weighted by Gasteiger charge is -2.11. The molecule has 2 bridgehead atoms. The van der Waals surface area contributed by atoms with Gasteiger partial charge in [-0.3, -0.25) is 0 Å². The molecule has 4 heteroatoms. The molecule has 4 nitrogen and oxygen atoms in total. The molecule has 1 heterocycles. The fourth-order valence-electron chi connectivity index (χ4n) is 4.35. The number of aryl methyl sites for hydroxylation is 1. The van der Waals surface area contributed by atoms with Crippen LogP contribution in [0.5, 0.6) is 0 Å². The van der Waals surface area contributed by atoms with Crippen molar-refractivity contribution in [3.63, 3.8) is 0 Å². The van der Waals surface area contributed by atoms with E-state index in [0.29, 0.717) is 11.9 Å². The number of fused-ring (bicyclic) bond motifs is 5. The topological polar surface area (TPSA) is 63.8 Å². The van der Waals surface area contributed by atoms with Gasteiger partial charge >= 0.3 is 0 Å². The predicted octanol–water partition coefficient (Wildman–Crippen LogP) is 1.82. The number of nitrogens with zero attached hydrogens (tertiary/aromatic N) is 2. The van der Waals surface area contributed by atoms with Crippen LogP contribution in [0.1, 0.15) is 25.1 Å². The summed E-state index contributed by atoms with van der Waals surface area (Å²) in [4.78, 5) is 8.51. The van der Waals surface area contributed by atoms with E-state index in [1.165, 1.54) is 19.3 Å². The summed E-state index contributed by atoms with van der Waals surface area (Å²) < 4.78 is 0. The summed E-state index contributed by atoms with van der Waals surface area (Å²) in [5, 5.41) is 3.57. The van der Waals surface area contributed by atoms with Crippen LogP contribution in [0.4, 0.5) is 11.6 Å². The summed E-state index contributed by atoms with van der Waals surface area (Å²) in [7, 11) is 0. The largest absolute Gasteiger partial charge is 0.384 e. The third-order valence-corrected chi connectivity index (χ3v) is 4.91. The SMILES string of the molecule is Cc1nc(N)cc(NC2C3C4CCC(C4)C23)n1. The third-order valence-electron chi connectivity index (χ3n) is 4.91. The van der Waals surface area contributed by atoms with Crippen molar-refractivity contribution in [1.82, 2.24) is 9.97 Å². The second-order valence-corrected chi connectivity index (χ2v) is 5.88. The highest BCUT2D eigenvalue weighted by atomic mass is 15.1. The number of rotatable bonds is 2. The van der Waals surface area contributed by atoms with Gasteiger partial charge in [0, 0.05) is 12.1 Å². The van der Waals surface area contributed by atoms with E-state index in [-0.39, 0.29) is 0 Å². The molecule has 4 rings (SSSR count). The number of hydrogen-bond donors (Lipinski definition) is 2. The minimum atomic E-state index is 0.564. The molecule has 3 aliphatic carbocycles. The smallest absolute Gasteiger partial charge is 0.132 e. The molecule has 0 amide bonds. The van der Waals surface area contributed by atoms with Gasteiger partial charge in [0.15, 0.2) is 0 Å². The molecule has 3 saturated carbocycles. The second-order valence-electron chi connectivity index (χ2n) is 5.88. The molecule has 4 atom stereocenters. The van der Waals surface area contributed by atoms with Crippen LogP contribution in [0, 0.1) is 30.6 Å².